The number of benzene rings is 1. The summed E-state index contributed by atoms with van der Waals surface area (Å²) in [6, 6.07) is 9.50. The number of carbonyl (C=O) groups excluding carboxylic acids is 1. The molecule has 6 heteroatoms. The fourth-order valence-electron chi connectivity index (χ4n) is 2.69. The molecule has 1 saturated heterocycles. The number of urea groups is 1. The first-order chi connectivity index (χ1) is 11.1. The third-order valence-electron chi connectivity index (χ3n) is 4.10. The van der Waals surface area contributed by atoms with Crippen LogP contribution in [0, 0.1) is 5.92 Å². The van der Waals surface area contributed by atoms with Crippen molar-refractivity contribution in [1.29, 1.82) is 0 Å². The molecule has 1 aromatic carbocycles. The number of rotatable bonds is 7. The van der Waals surface area contributed by atoms with E-state index < -0.39 is 5.97 Å². The van der Waals surface area contributed by atoms with Crippen molar-refractivity contribution in [2.45, 2.75) is 25.3 Å². The first kappa shape index (κ1) is 17.3. The summed E-state index contributed by atoms with van der Waals surface area (Å²) in [4.78, 5) is 24.3. The molecule has 0 bridgehead atoms. The van der Waals surface area contributed by atoms with Crippen LogP contribution in [0.25, 0.3) is 0 Å². The Morgan fingerprint density at radius 1 is 1.39 bits per heavy atom. The Hall–Kier alpha value is -2.08. The van der Waals surface area contributed by atoms with Crippen LogP contribution < -0.4 is 5.32 Å². The largest absolute Gasteiger partial charge is 0.481 e. The van der Waals surface area contributed by atoms with E-state index in [-0.39, 0.29) is 25.0 Å². The highest BCUT2D eigenvalue weighted by Gasteiger charge is 2.24. The van der Waals surface area contributed by atoms with Crippen molar-refractivity contribution in [3.8, 4) is 0 Å². The first-order valence-electron chi connectivity index (χ1n) is 7.92. The van der Waals surface area contributed by atoms with E-state index in [9.17, 15) is 9.59 Å². The molecule has 0 aliphatic carbocycles. The van der Waals surface area contributed by atoms with Crippen LogP contribution >= 0.6 is 0 Å². The molecule has 0 saturated carbocycles. The molecule has 6 nitrogen and oxygen atoms in total. The average molecular weight is 320 g/mol. The van der Waals surface area contributed by atoms with Gasteiger partial charge in [-0.15, -0.1) is 0 Å². The molecule has 1 heterocycles. The SMILES string of the molecule is CN(CCC(=O)O)C(=O)NC(CC1CCOC1)c1ccccc1. The molecule has 2 N–H and O–H groups in total. The number of hydrogen-bond acceptors (Lipinski definition) is 3. The second-order valence-electron chi connectivity index (χ2n) is 5.94. The molecule has 0 aromatic heterocycles. The minimum absolute atomic E-state index is 0.0591. The summed E-state index contributed by atoms with van der Waals surface area (Å²) in [5.74, 6) is -0.475. The molecule has 1 fully saturated rings. The summed E-state index contributed by atoms with van der Waals surface area (Å²) in [7, 11) is 1.61. The fraction of sp³-hybridized carbons (Fsp3) is 0.529. The van der Waals surface area contributed by atoms with Crippen LogP contribution in [-0.2, 0) is 9.53 Å². The summed E-state index contributed by atoms with van der Waals surface area (Å²) in [6.45, 7) is 1.70. The zero-order valence-electron chi connectivity index (χ0n) is 13.4. The third-order valence-corrected chi connectivity index (χ3v) is 4.10. The van der Waals surface area contributed by atoms with Crippen LogP contribution in [0.1, 0.15) is 30.9 Å². The van der Waals surface area contributed by atoms with Crippen molar-refractivity contribution >= 4 is 12.0 Å². The molecule has 1 aliphatic heterocycles. The van der Waals surface area contributed by atoms with Crippen LogP contribution in [0.4, 0.5) is 4.79 Å². The Labute approximate surface area is 136 Å². The topological polar surface area (TPSA) is 78.9 Å². The smallest absolute Gasteiger partial charge is 0.317 e. The van der Waals surface area contributed by atoms with Gasteiger partial charge in [0.15, 0.2) is 0 Å². The van der Waals surface area contributed by atoms with E-state index in [1.54, 1.807) is 7.05 Å². The number of amides is 2. The number of nitrogens with one attached hydrogen (secondary N) is 1. The second kappa shape index (κ2) is 8.53. The molecular weight excluding hydrogens is 296 g/mol. The van der Waals surface area contributed by atoms with Crippen molar-refractivity contribution in [3.63, 3.8) is 0 Å². The number of hydrogen-bond donors (Lipinski definition) is 2. The number of carboxylic acids is 1. The van der Waals surface area contributed by atoms with Crippen molar-refractivity contribution in [2.24, 2.45) is 5.92 Å². The van der Waals surface area contributed by atoms with Gasteiger partial charge in [-0.2, -0.15) is 0 Å². The number of aliphatic carboxylic acids is 1. The molecule has 0 radical (unpaired) electrons. The summed E-state index contributed by atoms with van der Waals surface area (Å²) in [5.41, 5.74) is 1.05. The van der Waals surface area contributed by atoms with Crippen LogP contribution in [0.5, 0.6) is 0 Å². The van der Waals surface area contributed by atoms with E-state index in [1.165, 1.54) is 4.90 Å². The van der Waals surface area contributed by atoms with E-state index in [0.29, 0.717) is 5.92 Å². The van der Waals surface area contributed by atoms with Crippen molar-refractivity contribution in [1.82, 2.24) is 10.2 Å². The van der Waals surface area contributed by atoms with Crippen molar-refractivity contribution in [2.75, 3.05) is 26.8 Å². The highest BCUT2D eigenvalue weighted by molar-refractivity contribution is 5.75. The zero-order valence-corrected chi connectivity index (χ0v) is 13.4. The molecule has 126 valence electrons. The summed E-state index contributed by atoms with van der Waals surface area (Å²) < 4.78 is 5.42. The Balaban J connectivity index is 1.98. The van der Waals surface area contributed by atoms with Crippen LogP contribution in [0.3, 0.4) is 0 Å². The lowest BCUT2D eigenvalue weighted by atomic mass is 9.94. The van der Waals surface area contributed by atoms with Gasteiger partial charge in [-0.05, 0) is 24.3 Å². The molecule has 2 unspecified atom stereocenters. The average Bonchev–Trinajstić information content (AvgIpc) is 3.05. The van der Waals surface area contributed by atoms with Crippen LogP contribution in [-0.4, -0.2) is 48.8 Å². The molecule has 0 spiro atoms. The van der Waals surface area contributed by atoms with E-state index in [2.05, 4.69) is 5.32 Å². The van der Waals surface area contributed by atoms with Crippen molar-refractivity contribution in [3.05, 3.63) is 35.9 Å². The first-order valence-corrected chi connectivity index (χ1v) is 7.92. The summed E-state index contributed by atoms with van der Waals surface area (Å²) >= 11 is 0. The molecule has 2 atom stereocenters. The molecule has 1 aliphatic rings. The fourth-order valence-corrected chi connectivity index (χ4v) is 2.69. The monoisotopic (exact) mass is 320 g/mol. The molecule has 2 rings (SSSR count). The predicted octanol–water partition coefficient (Wildman–Crippen LogP) is 2.27. The normalized spacial score (nSPS) is 18.4. The van der Waals surface area contributed by atoms with Gasteiger partial charge in [0.1, 0.15) is 0 Å². The van der Waals surface area contributed by atoms with Gasteiger partial charge in [0, 0.05) is 26.8 Å². The molecular formula is C17H24N2O4. The lowest BCUT2D eigenvalue weighted by Crippen LogP contribution is -2.40. The Morgan fingerprint density at radius 2 is 2.13 bits per heavy atom. The maximum Gasteiger partial charge on any atom is 0.317 e. The van der Waals surface area contributed by atoms with Gasteiger partial charge in [0.2, 0.25) is 0 Å². The lowest BCUT2D eigenvalue weighted by Gasteiger charge is -2.25. The van der Waals surface area contributed by atoms with Gasteiger partial charge in [-0.3, -0.25) is 4.79 Å². The molecule has 1 aromatic rings. The van der Waals surface area contributed by atoms with Gasteiger partial charge in [0.05, 0.1) is 12.5 Å². The number of nitrogens with zero attached hydrogens (tertiary/aromatic N) is 1. The Morgan fingerprint density at radius 3 is 2.74 bits per heavy atom. The predicted molar refractivity (Wildman–Crippen MR) is 86.1 cm³/mol. The van der Waals surface area contributed by atoms with E-state index >= 15 is 0 Å². The highest BCUT2D eigenvalue weighted by Crippen LogP contribution is 2.26. The van der Waals surface area contributed by atoms with Gasteiger partial charge in [0.25, 0.3) is 0 Å². The van der Waals surface area contributed by atoms with Crippen LogP contribution in [0.2, 0.25) is 0 Å². The summed E-state index contributed by atoms with van der Waals surface area (Å²) in [5, 5.41) is 11.7. The van der Waals surface area contributed by atoms with E-state index in [0.717, 1.165) is 31.6 Å². The Bertz CT molecular complexity index is 515. The van der Waals surface area contributed by atoms with Crippen molar-refractivity contribution < 1.29 is 19.4 Å². The van der Waals surface area contributed by atoms with Crippen LogP contribution in [0.15, 0.2) is 30.3 Å². The third kappa shape index (κ3) is 5.56. The summed E-state index contributed by atoms with van der Waals surface area (Å²) in [6.07, 6.45) is 1.77. The highest BCUT2D eigenvalue weighted by atomic mass is 16.5. The number of ether oxygens (including phenoxy) is 1. The molecule has 2 amide bonds. The standard InChI is InChI=1S/C17H24N2O4/c1-19(9-7-16(20)21)17(22)18-15(11-13-8-10-23-12-13)14-5-3-2-4-6-14/h2-6,13,15H,7-12H2,1H3,(H,18,22)(H,20,21). The lowest BCUT2D eigenvalue weighted by molar-refractivity contribution is -0.137. The maximum absolute atomic E-state index is 12.3. The minimum Gasteiger partial charge on any atom is -0.481 e. The quantitative estimate of drug-likeness (QED) is 0.808. The minimum atomic E-state index is -0.910. The van der Waals surface area contributed by atoms with Gasteiger partial charge >= 0.3 is 12.0 Å². The van der Waals surface area contributed by atoms with Gasteiger partial charge in [-0.1, -0.05) is 30.3 Å². The number of carbonyl (C=O) groups is 2. The zero-order chi connectivity index (χ0) is 16.7. The maximum atomic E-state index is 12.3. The Kier molecular flexibility index (Phi) is 6.40. The number of carboxylic acid groups (broad SMARTS) is 1. The van der Waals surface area contributed by atoms with Gasteiger partial charge < -0.3 is 20.1 Å². The van der Waals surface area contributed by atoms with Gasteiger partial charge in [-0.25, -0.2) is 4.79 Å². The second-order valence-corrected chi connectivity index (χ2v) is 5.94. The molecule has 23 heavy (non-hydrogen) atoms. The van der Waals surface area contributed by atoms with E-state index in [1.807, 2.05) is 30.3 Å². The van der Waals surface area contributed by atoms with E-state index in [4.69, 9.17) is 9.84 Å².